The molecule has 0 aliphatic rings. The lowest BCUT2D eigenvalue weighted by molar-refractivity contribution is 0.415. The standard InChI is InChI=1S/C8H17N/c1-6(2)7(3)5-8(4)9/h6-7H,4-5,9H2,1-3H3/t7-/m0/s1. The Balaban J connectivity index is 3.50. The highest BCUT2D eigenvalue weighted by atomic mass is 14.6. The zero-order valence-corrected chi connectivity index (χ0v) is 6.65. The van der Waals surface area contributed by atoms with E-state index in [1.54, 1.807) is 0 Å². The Labute approximate surface area is 57.9 Å². The Morgan fingerprint density at radius 3 is 2.00 bits per heavy atom. The minimum atomic E-state index is 0.669. The lowest BCUT2D eigenvalue weighted by Gasteiger charge is -2.14. The molecule has 0 saturated heterocycles. The molecule has 0 saturated carbocycles. The molecule has 0 aromatic rings. The summed E-state index contributed by atoms with van der Waals surface area (Å²) in [6.45, 7) is 10.3. The molecule has 0 unspecified atom stereocenters. The number of allylic oxidation sites excluding steroid dienone is 1. The number of hydrogen-bond donors (Lipinski definition) is 1. The third kappa shape index (κ3) is 4.07. The van der Waals surface area contributed by atoms with E-state index in [1.165, 1.54) is 0 Å². The van der Waals surface area contributed by atoms with E-state index in [1.807, 2.05) is 0 Å². The van der Waals surface area contributed by atoms with Crippen LogP contribution in [0.3, 0.4) is 0 Å². The van der Waals surface area contributed by atoms with Gasteiger partial charge in [0.15, 0.2) is 0 Å². The van der Waals surface area contributed by atoms with Gasteiger partial charge in [0, 0.05) is 5.70 Å². The van der Waals surface area contributed by atoms with Gasteiger partial charge < -0.3 is 5.73 Å². The van der Waals surface area contributed by atoms with E-state index >= 15 is 0 Å². The number of hydrogen-bond acceptors (Lipinski definition) is 1. The highest BCUT2D eigenvalue weighted by Gasteiger charge is 2.05. The molecule has 0 aromatic carbocycles. The summed E-state index contributed by atoms with van der Waals surface area (Å²) < 4.78 is 0. The fourth-order valence-electron chi connectivity index (χ4n) is 0.649. The summed E-state index contributed by atoms with van der Waals surface area (Å²) in [6, 6.07) is 0. The molecular formula is C8H17N. The maximum Gasteiger partial charge on any atom is 0.00102 e. The van der Waals surface area contributed by atoms with Gasteiger partial charge in [0.2, 0.25) is 0 Å². The van der Waals surface area contributed by atoms with Gasteiger partial charge in [-0.3, -0.25) is 0 Å². The van der Waals surface area contributed by atoms with E-state index < -0.39 is 0 Å². The van der Waals surface area contributed by atoms with Gasteiger partial charge in [-0.2, -0.15) is 0 Å². The van der Waals surface area contributed by atoms with Crippen molar-refractivity contribution in [3.05, 3.63) is 12.3 Å². The maximum atomic E-state index is 5.44. The molecule has 1 nitrogen and oxygen atoms in total. The van der Waals surface area contributed by atoms with Crippen LogP contribution >= 0.6 is 0 Å². The first-order valence-electron chi connectivity index (χ1n) is 3.47. The zero-order chi connectivity index (χ0) is 7.44. The first-order valence-corrected chi connectivity index (χ1v) is 3.47. The quantitative estimate of drug-likeness (QED) is 0.617. The van der Waals surface area contributed by atoms with Crippen LogP contribution in [0.25, 0.3) is 0 Å². The van der Waals surface area contributed by atoms with Crippen molar-refractivity contribution in [2.75, 3.05) is 0 Å². The second-order valence-corrected chi connectivity index (χ2v) is 3.08. The van der Waals surface area contributed by atoms with Gasteiger partial charge in [0.05, 0.1) is 0 Å². The molecule has 2 N–H and O–H groups in total. The minimum Gasteiger partial charge on any atom is -0.403 e. The fraction of sp³-hybridized carbons (Fsp3) is 0.750. The molecule has 1 heteroatoms. The van der Waals surface area contributed by atoms with Crippen LogP contribution in [0.1, 0.15) is 27.2 Å². The number of nitrogens with two attached hydrogens (primary N) is 1. The van der Waals surface area contributed by atoms with Gasteiger partial charge in [-0.05, 0) is 18.3 Å². The highest BCUT2D eigenvalue weighted by Crippen LogP contribution is 2.15. The lowest BCUT2D eigenvalue weighted by atomic mass is 9.94. The van der Waals surface area contributed by atoms with Crippen molar-refractivity contribution < 1.29 is 0 Å². The Morgan fingerprint density at radius 2 is 1.89 bits per heavy atom. The van der Waals surface area contributed by atoms with E-state index in [-0.39, 0.29) is 0 Å². The summed E-state index contributed by atoms with van der Waals surface area (Å²) in [5.74, 6) is 1.38. The van der Waals surface area contributed by atoms with Gasteiger partial charge >= 0.3 is 0 Å². The highest BCUT2D eigenvalue weighted by molar-refractivity contribution is 4.87. The molecule has 9 heavy (non-hydrogen) atoms. The molecule has 1 atom stereocenters. The molecule has 0 fully saturated rings. The predicted octanol–water partition coefficient (Wildman–Crippen LogP) is 2.14. The maximum absolute atomic E-state index is 5.44. The molecule has 54 valence electrons. The molecule has 0 heterocycles. The smallest absolute Gasteiger partial charge is 0.00102 e. The van der Waals surface area contributed by atoms with Crippen LogP contribution in [0.15, 0.2) is 12.3 Å². The second kappa shape index (κ2) is 3.54. The SMILES string of the molecule is C=C(N)C[C@H](C)C(C)C. The lowest BCUT2D eigenvalue weighted by Crippen LogP contribution is -2.08. The Bertz CT molecular complexity index is 94.7. The van der Waals surface area contributed by atoms with Crippen LogP contribution in [-0.2, 0) is 0 Å². The molecular weight excluding hydrogens is 110 g/mol. The molecule has 0 aliphatic heterocycles. The molecule has 0 radical (unpaired) electrons. The largest absolute Gasteiger partial charge is 0.403 e. The van der Waals surface area contributed by atoms with Crippen LogP contribution in [-0.4, -0.2) is 0 Å². The van der Waals surface area contributed by atoms with Gasteiger partial charge in [-0.25, -0.2) is 0 Å². The normalized spacial score (nSPS) is 13.8. The van der Waals surface area contributed by atoms with Crippen molar-refractivity contribution in [3.8, 4) is 0 Å². The first-order chi connectivity index (χ1) is 4.04. The average Bonchev–Trinajstić information content (AvgIpc) is 1.63. The summed E-state index contributed by atoms with van der Waals surface area (Å²) >= 11 is 0. The van der Waals surface area contributed by atoms with Gasteiger partial charge in [0.1, 0.15) is 0 Å². The summed E-state index contributed by atoms with van der Waals surface area (Å²) in [4.78, 5) is 0. The van der Waals surface area contributed by atoms with Crippen molar-refractivity contribution >= 4 is 0 Å². The zero-order valence-electron chi connectivity index (χ0n) is 6.65. The van der Waals surface area contributed by atoms with Gasteiger partial charge in [0.25, 0.3) is 0 Å². The minimum absolute atomic E-state index is 0.669. The summed E-state index contributed by atoms with van der Waals surface area (Å²) in [7, 11) is 0. The van der Waals surface area contributed by atoms with Crippen molar-refractivity contribution in [3.63, 3.8) is 0 Å². The second-order valence-electron chi connectivity index (χ2n) is 3.08. The van der Waals surface area contributed by atoms with E-state index in [2.05, 4.69) is 27.4 Å². The monoisotopic (exact) mass is 127 g/mol. The predicted molar refractivity (Wildman–Crippen MR) is 41.9 cm³/mol. The number of rotatable bonds is 3. The topological polar surface area (TPSA) is 26.0 Å². The van der Waals surface area contributed by atoms with Crippen molar-refractivity contribution in [1.82, 2.24) is 0 Å². The third-order valence-electron chi connectivity index (χ3n) is 1.72. The molecule has 0 spiro atoms. The third-order valence-corrected chi connectivity index (χ3v) is 1.72. The van der Waals surface area contributed by atoms with Crippen molar-refractivity contribution in [2.24, 2.45) is 17.6 Å². The van der Waals surface area contributed by atoms with Gasteiger partial charge in [-0.15, -0.1) is 0 Å². The Kier molecular flexibility index (Phi) is 3.36. The van der Waals surface area contributed by atoms with Crippen LogP contribution in [0, 0.1) is 11.8 Å². The van der Waals surface area contributed by atoms with E-state index in [4.69, 9.17) is 5.73 Å². The summed E-state index contributed by atoms with van der Waals surface area (Å²) in [5.41, 5.74) is 6.24. The molecule has 0 aromatic heterocycles. The van der Waals surface area contributed by atoms with E-state index in [0.717, 1.165) is 12.1 Å². The van der Waals surface area contributed by atoms with Crippen LogP contribution < -0.4 is 5.73 Å². The van der Waals surface area contributed by atoms with Gasteiger partial charge in [-0.1, -0.05) is 27.4 Å². The van der Waals surface area contributed by atoms with E-state index in [9.17, 15) is 0 Å². The van der Waals surface area contributed by atoms with Crippen LogP contribution in [0.4, 0.5) is 0 Å². The van der Waals surface area contributed by atoms with Crippen molar-refractivity contribution in [1.29, 1.82) is 0 Å². The van der Waals surface area contributed by atoms with Crippen LogP contribution in [0.2, 0.25) is 0 Å². The summed E-state index contributed by atoms with van der Waals surface area (Å²) in [6.07, 6.45) is 0.956. The Morgan fingerprint density at radius 1 is 1.44 bits per heavy atom. The molecule has 0 rings (SSSR count). The summed E-state index contributed by atoms with van der Waals surface area (Å²) in [5, 5.41) is 0. The molecule has 0 amide bonds. The Hall–Kier alpha value is -0.460. The van der Waals surface area contributed by atoms with Crippen molar-refractivity contribution in [2.45, 2.75) is 27.2 Å². The fourth-order valence-corrected chi connectivity index (χ4v) is 0.649. The van der Waals surface area contributed by atoms with E-state index in [0.29, 0.717) is 11.8 Å². The average molecular weight is 127 g/mol. The molecule has 0 bridgehead atoms. The molecule has 0 aliphatic carbocycles. The van der Waals surface area contributed by atoms with Crippen LogP contribution in [0.5, 0.6) is 0 Å². The first kappa shape index (κ1) is 8.54.